The summed E-state index contributed by atoms with van der Waals surface area (Å²) in [6.45, 7) is 2.99. The molecule has 1 aliphatic carbocycles. The monoisotopic (exact) mass is 357 g/mol. The van der Waals surface area contributed by atoms with Crippen LogP contribution in [0, 0.1) is 5.82 Å². The highest BCUT2D eigenvalue weighted by atomic mass is 19.1. The Kier molecular flexibility index (Phi) is 4.76. The Hall–Kier alpha value is -2.21. The minimum Gasteiger partial charge on any atom is -0.360 e. The fraction of sp³-hybridized carbons (Fsp3) is 0.500. The molecule has 0 unspecified atom stereocenters. The van der Waals surface area contributed by atoms with Gasteiger partial charge in [-0.1, -0.05) is 19.3 Å². The number of fused-ring (bicyclic) bond motifs is 1. The highest BCUT2D eigenvalue weighted by molar-refractivity contribution is 5.97. The maximum atomic E-state index is 13.5. The zero-order chi connectivity index (χ0) is 18.1. The van der Waals surface area contributed by atoms with E-state index >= 15 is 0 Å². The van der Waals surface area contributed by atoms with Gasteiger partial charge in [0.05, 0.1) is 0 Å². The number of carbonyl (C=O) groups excluding carboxylic acids is 1. The maximum Gasteiger partial charge on any atom is 0.259 e. The van der Waals surface area contributed by atoms with Crippen molar-refractivity contribution in [3.8, 4) is 0 Å². The van der Waals surface area contributed by atoms with Gasteiger partial charge in [0, 0.05) is 49.3 Å². The molecule has 0 spiro atoms. The topological polar surface area (TPSA) is 56.4 Å². The number of aromatic nitrogens is 1. The van der Waals surface area contributed by atoms with E-state index in [0.29, 0.717) is 24.6 Å². The first-order valence-corrected chi connectivity index (χ1v) is 9.48. The number of hydrogen-bond acceptors (Lipinski definition) is 3. The standard InChI is InChI=1S/C20H24FN3O2/c21-14-6-7-18-16(12-14)19(25)17(13-22-18)20(26)24-10-8-23(9-11-24)15-4-2-1-3-5-15/h6-7,12-13,15H,1-5,8-11H2,(H,22,25). The van der Waals surface area contributed by atoms with Gasteiger partial charge in [-0.25, -0.2) is 4.39 Å². The van der Waals surface area contributed by atoms with E-state index in [1.807, 2.05) is 0 Å². The third kappa shape index (κ3) is 3.26. The van der Waals surface area contributed by atoms with Crippen molar-refractivity contribution in [1.29, 1.82) is 0 Å². The lowest BCUT2D eigenvalue weighted by atomic mass is 9.94. The van der Waals surface area contributed by atoms with Gasteiger partial charge in [-0.15, -0.1) is 0 Å². The molecular weight excluding hydrogens is 333 g/mol. The van der Waals surface area contributed by atoms with Gasteiger partial charge in [0.2, 0.25) is 5.43 Å². The third-order valence-electron chi connectivity index (χ3n) is 5.77. The van der Waals surface area contributed by atoms with Crippen LogP contribution in [-0.4, -0.2) is 52.9 Å². The Morgan fingerprint density at radius 3 is 2.54 bits per heavy atom. The quantitative estimate of drug-likeness (QED) is 0.899. The average molecular weight is 357 g/mol. The maximum absolute atomic E-state index is 13.5. The molecule has 5 nitrogen and oxygen atoms in total. The number of nitrogens with zero attached hydrogens (tertiary/aromatic N) is 2. The number of rotatable bonds is 2. The molecule has 1 amide bonds. The molecule has 138 valence electrons. The van der Waals surface area contributed by atoms with Gasteiger partial charge in [0.1, 0.15) is 11.4 Å². The average Bonchev–Trinajstić information content (AvgIpc) is 2.69. The Labute approximate surface area is 151 Å². The minimum absolute atomic E-state index is 0.0919. The van der Waals surface area contributed by atoms with Crippen LogP contribution in [0.1, 0.15) is 42.5 Å². The van der Waals surface area contributed by atoms with Gasteiger partial charge >= 0.3 is 0 Å². The molecule has 26 heavy (non-hydrogen) atoms. The Bertz CT molecular complexity index is 865. The molecule has 1 aromatic heterocycles. The van der Waals surface area contributed by atoms with Crippen LogP contribution < -0.4 is 5.43 Å². The number of H-pyrrole nitrogens is 1. The summed E-state index contributed by atoms with van der Waals surface area (Å²) in [6.07, 6.45) is 7.89. The van der Waals surface area contributed by atoms with Crippen LogP contribution in [0.4, 0.5) is 4.39 Å². The Morgan fingerprint density at radius 2 is 1.81 bits per heavy atom. The van der Waals surface area contributed by atoms with E-state index in [1.54, 1.807) is 4.90 Å². The van der Waals surface area contributed by atoms with Gasteiger partial charge in [0.25, 0.3) is 5.91 Å². The lowest BCUT2D eigenvalue weighted by Crippen LogP contribution is -2.52. The Balaban J connectivity index is 1.49. The summed E-state index contributed by atoms with van der Waals surface area (Å²) in [5.41, 5.74) is 0.224. The van der Waals surface area contributed by atoms with Crippen LogP contribution in [0.5, 0.6) is 0 Å². The van der Waals surface area contributed by atoms with Gasteiger partial charge in [-0.05, 0) is 31.0 Å². The number of halogens is 1. The SMILES string of the molecule is O=C(c1c[nH]c2ccc(F)cc2c1=O)N1CCN(C2CCCCC2)CC1. The predicted molar refractivity (Wildman–Crippen MR) is 98.9 cm³/mol. The van der Waals surface area contributed by atoms with Gasteiger partial charge < -0.3 is 9.88 Å². The van der Waals surface area contributed by atoms with Gasteiger partial charge in [0.15, 0.2) is 0 Å². The van der Waals surface area contributed by atoms with E-state index in [4.69, 9.17) is 0 Å². The zero-order valence-corrected chi connectivity index (χ0v) is 14.8. The highest BCUT2D eigenvalue weighted by Crippen LogP contribution is 2.23. The van der Waals surface area contributed by atoms with Crippen molar-refractivity contribution in [2.75, 3.05) is 26.2 Å². The molecule has 2 fully saturated rings. The number of carbonyl (C=O) groups is 1. The van der Waals surface area contributed by atoms with Crippen molar-refractivity contribution in [2.45, 2.75) is 38.1 Å². The molecule has 1 aromatic carbocycles. The number of benzene rings is 1. The van der Waals surface area contributed by atoms with E-state index in [1.165, 1.54) is 56.5 Å². The smallest absolute Gasteiger partial charge is 0.259 e. The third-order valence-corrected chi connectivity index (χ3v) is 5.77. The first kappa shape index (κ1) is 17.2. The molecule has 1 saturated heterocycles. The highest BCUT2D eigenvalue weighted by Gasteiger charge is 2.28. The van der Waals surface area contributed by atoms with Crippen molar-refractivity contribution < 1.29 is 9.18 Å². The predicted octanol–water partition coefficient (Wildman–Crippen LogP) is 2.76. The van der Waals surface area contributed by atoms with Crippen LogP contribution in [0.2, 0.25) is 0 Å². The van der Waals surface area contributed by atoms with Crippen LogP contribution >= 0.6 is 0 Å². The normalized spacial score (nSPS) is 19.8. The van der Waals surface area contributed by atoms with Gasteiger partial charge in [-0.3, -0.25) is 14.5 Å². The number of hydrogen-bond donors (Lipinski definition) is 1. The second kappa shape index (κ2) is 7.19. The van der Waals surface area contributed by atoms with Crippen LogP contribution in [-0.2, 0) is 0 Å². The van der Waals surface area contributed by atoms with Crippen molar-refractivity contribution in [1.82, 2.24) is 14.8 Å². The fourth-order valence-electron chi connectivity index (χ4n) is 4.26. The molecule has 1 N–H and O–H groups in total. The summed E-state index contributed by atoms with van der Waals surface area (Å²) in [5, 5.41) is 0.219. The first-order valence-electron chi connectivity index (χ1n) is 9.48. The van der Waals surface area contributed by atoms with Crippen LogP contribution in [0.25, 0.3) is 10.9 Å². The molecule has 1 saturated carbocycles. The van der Waals surface area contributed by atoms with E-state index in [9.17, 15) is 14.0 Å². The summed E-state index contributed by atoms with van der Waals surface area (Å²) in [5.74, 6) is -0.741. The summed E-state index contributed by atoms with van der Waals surface area (Å²) in [7, 11) is 0. The Morgan fingerprint density at radius 1 is 1.08 bits per heavy atom. The number of amides is 1. The molecule has 0 atom stereocenters. The summed E-state index contributed by atoms with van der Waals surface area (Å²) < 4.78 is 13.5. The summed E-state index contributed by atoms with van der Waals surface area (Å²) in [4.78, 5) is 32.6. The second-order valence-electron chi connectivity index (χ2n) is 7.34. The number of pyridine rings is 1. The molecule has 2 aromatic rings. The molecule has 4 rings (SSSR count). The van der Waals surface area contributed by atoms with Crippen molar-refractivity contribution in [2.24, 2.45) is 0 Å². The van der Waals surface area contributed by atoms with E-state index < -0.39 is 11.2 Å². The van der Waals surface area contributed by atoms with Crippen molar-refractivity contribution in [3.05, 3.63) is 46.0 Å². The number of piperazine rings is 1. The molecule has 0 bridgehead atoms. The molecule has 0 radical (unpaired) electrons. The molecule has 1 aliphatic heterocycles. The van der Waals surface area contributed by atoms with E-state index in [0.717, 1.165) is 13.1 Å². The molecule has 2 heterocycles. The summed E-state index contributed by atoms with van der Waals surface area (Å²) >= 11 is 0. The molecule has 2 aliphatic rings. The second-order valence-corrected chi connectivity index (χ2v) is 7.34. The first-order chi connectivity index (χ1) is 12.6. The largest absolute Gasteiger partial charge is 0.360 e. The summed E-state index contributed by atoms with van der Waals surface area (Å²) in [6, 6.07) is 4.65. The van der Waals surface area contributed by atoms with E-state index in [-0.39, 0.29) is 16.9 Å². The molecule has 6 heteroatoms. The van der Waals surface area contributed by atoms with Crippen molar-refractivity contribution in [3.63, 3.8) is 0 Å². The fourth-order valence-corrected chi connectivity index (χ4v) is 4.26. The van der Waals surface area contributed by atoms with Crippen LogP contribution in [0.15, 0.2) is 29.2 Å². The van der Waals surface area contributed by atoms with Gasteiger partial charge in [-0.2, -0.15) is 0 Å². The lowest BCUT2D eigenvalue weighted by Gasteiger charge is -2.40. The minimum atomic E-state index is -0.478. The lowest BCUT2D eigenvalue weighted by molar-refractivity contribution is 0.0522. The van der Waals surface area contributed by atoms with Crippen LogP contribution in [0.3, 0.4) is 0 Å². The van der Waals surface area contributed by atoms with Crippen molar-refractivity contribution >= 4 is 16.8 Å². The zero-order valence-electron chi connectivity index (χ0n) is 14.8. The number of nitrogens with one attached hydrogen (secondary N) is 1. The van der Waals surface area contributed by atoms with E-state index in [2.05, 4.69) is 9.88 Å². The number of aromatic amines is 1. The molecular formula is C20H24FN3O2.